The van der Waals surface area contributed by atoms with Gasteiger partial charge in [0.2, 0.25) is 16.3 Å². The molecule has 0 amide bonds. The summed E-state index contributed by atoms with van der Waals surface area (Å²) in [5, 5.41) is 10.5. The molecule has 0 spiro atoms. The lowest BCUT2D eigenvalue weighted by molar-refractivity contribution is -0.385. The van der Waals surface area contributed by atoms with Crippen LogP contribution in [0, 0.1) is 10.1 Å². The number of nitro groups is 1. The molecule has 7 nitrogen and oxygen atoms in total. The van der Waals surface area contributed by atoms with Gasteiger partial charge in [-0.2, -0.15) is 15.0 Å². The average Bonchev–Trinajstić information content (AvgIpc) is 2.30. The lowest BCUT2D eigenvalue weighted by atomic mass is 10.3. The molecule has 0 radical (unpaired) electrons. The van der Waals surface area contributed by atoms with Crippen LogP contribution in [0.15, 0.2) is 22.7 Å². The van der Waals surface area contributed by atoms with Crippen LogP contribution in [0.3, 0.4) is 0 Å². The minimum atomic E-state index is -0.593. The van der Waals surface area contributed by atoms with E-state index in [-0.39, 0.29) is 28.0 Å². The zero-order valence-corrected chi connectivity index (χ0v) is 12.0. The van der Waals surface area contributed by atoms with Crippen molar-refractivity contribution in [3.63, 3.8) is 0 Å². The van der Waals surface area contributed by atoms with E-state index in [0.717, 1.165) is 0 Å². The Morgan fingerprint density at radius 1 is 1.21 bits per heavy atom. The van der Waals surface area contributed by atoms with Gasteiger partial charge < -0.3 is 4.74 Å². The fourth-order valence-corrected chi connectivity index (χ4v) is 1.97. The third-order valence-corrected chi connectivity index (χ3v) is 2.86. The van der Waals surface area contributed by atoms with Crippen molar-refractivity contribution in [1.82, 2.24) is 15.0 Å². The Morgan fingerprint density at radius 3 is 2.42 bits per heavy atom. The van der Waals surface area contributed by atoms with Crippen molar-refractivity contribution in [2.75, 3.05) is 0 Å². The summed E-state index contributed by atoms with van der Waals surface area (Å²) in [7, 11) is 0. The molecule has 0 bridgehead atoms. The van der Waals surface area contributed by atoms with E-state index in [9.17, 15) is 10.1 Å². The normalized spacial score (nSPS) is 10.3. The van der Waals surface area contributed by atoms with E-state index in [1.165, 1.54) is 12.1 Å². The highest BCUT2D eigenvalue weighted by atomic mass is 79.9. The molecule has 2 rings (SSSR count). The number of benzene rings is 1. The van der Waals surface area contributed by atoms with Crippen LogP contribution in [0.5, 0.6) is 11.8 Å². The molecule has 0 aliphatic heterocycles. The standard InChI is InChI=1S/C9H3BrCl2N4O3/c10-4-2-1-3-5(16(17)18)6(4)19-9-14-7(11)13-8(12)15-9/h1-3H. The van der Waals surface area contributed by atoms with E-state index in [0.29, 0.717) is 4.47 Å². The molecule has 0 N–H and O–H groups in total. The number of nitro benzene ring substituents is 1. The topological polar surface area (TPSA) is 91.0 Å². The third kappa shape index (κ3) is 3.28. The molecule has 1 aromatic carbocycles. The predicted molar refractivity (Wildman–Crippen MR) is 70.7 cm³/mol. The van der Waals surface area contributed by atoms with Crippen molar-refractivity contribution in [3.05, 3.63) is 43.4 Å². The summed E-state index contributed by atoms with van der Waals surface area (Å²) in [6.45, 7) is 0. The second-order valence-corrected chi connectivity index (χ2v) is 4.63. The van der Waals surface area contributed by atoms with Crippen molar-refractivity contribution in [3.8, 4) is 11.8 Å². The van der Waals surface area contributed by atoms with Gasteiger partial charge in [0, 0.05) is 6.07 Å². The van der Waals surface area contributed by atoms with E-state index >= 15 is 0 Å². The molecule has 1 heterocycles. The lowest BCUT2D eigenvalue weighted by Crippen LogP contribution is -1.98. The molecule has 2 aromatic rings. The van der Waals surface area contributed by atoms with Gasteiger partial charge in [-0.15, -0.1) is 0 Å². The first-order chi connectivity index (χ1) is 8.97. The van der Waals surface area contributed by atoms with Gasteiger partial charge in [-0.3, -0.25) is 10.1 Å². The number of hydrogen-bond acceptors (Lipinski definition) is 6. The lowest BCUT2D eigenvalue weighted by Gasteiger charge is -2.06. The van der Waals surface area contributed by atoms with Crippen LogP contribution >= 0.6 is 39.1 Å². The summed E-state index contributed by atoms with van der Waals surface area (Å²) in [6.07, 6.45) is 0. The summed E-state index contributed by atoms with van der Waals surface area (Å²) in [6, 6.07) is 4.12. The Morgan fingerprint density at radius 2 is 1.84 bits per heavy atom. The number of hydrogen-bond donors (Lipinski definition) is 0. The van der Waals surface area contributed by atoms with E-state index in [2.05, 4.69) is 30.9 Å². The zero-order valence-electron chi connectivity index (χ0n) is 8.88. The first-order valence-electron chi connectivity index (χ1n) is 4.65. The predicted octanol–water partition coefficient (Wildman–Crippen LogP) is 3.64. The molecule has 1 aromatic heterocycles. The second-order valence-electron chi connectivity index (χ2n) is 3.10. The summed E-state index contributed by atoms with van der Waals surface area (Å²) in [5.41, 5.74) is -0.248. The highest BCUT2D eigenvalue weighted by Crippen LogP contribution is 2.37. The van der Waals surface area contributed by atoms with Gasteiger partial charge >= 0.3 is 11.7 Å². The molecule has 98 valence electrons. The van der Waals surface area contributed by atoms with Crippen molar-refractivity contribution >= 4 is 44.8 Å². The SMILES string of the molecule is O=[N+]([O-])c1cccc(Br)c1Oc1nc(Cl)nc(Cl)n1. The van der Waals surface area contributed by atoms with Gasteiger partial charge in [-0.1, -0.05) is 6.07 Å². The first kappa shape index (κ1) is 13.9. The molecule has 0 aliphatic carbocycles. The molecule has 0 saturated carbocycles. The average molecular weight is 366 g/mol. The molecule has 0 atom stereocenters. The Balaban J connectivity index is 2.45. The van der Waals surface area contributed by atoms with Crippen molar-refractivity contribution in [2.24, 2.45) is 0 Å². The van der Waals surface area contributed by atoms with Crippen LogP contribution in [0.2, 0.25) is 10.6 Å². The van der Waals surface area contributed by atoms with E-state index in [1.54, 1.807) is 6.07 Å². The van der Waals surface area contributed by atoms with Crippen LogP contribution < -0.4 is 4.74 Å². The summed E-state index contributed by atoms with van der Waals surface area (Å²) in [4.78, 5) is 21.2. The van der Waals surface area contributed by atoms with Gasteiger partial charge in [0.1, 0.15) is 0 Å². The van der Waals surface area contributed by atoms with Gasteiger partial charge in [-0.25, -0.2) is 0 Å². The van der Waals surface area contributed by atoms with Crippen LogP contribution in [0.1, 0.15) is 0 Å². The fourth-order valence-electron chi connectivity index (χ4n) is 1.19. The van der Waals surface area contributed by atoms with Crippen molar-refractivity contribution in [2.45, 2.75) is 0 Å². The zero-order chi connectivity index (χ0) is 14.0. The molecular formula is C9H3BrCl2N4O3. The Bertz CT molecular complexity index is 635. The van der Waals surface area contributed by atoms with Gasteiger partial charge in [-0.05, 0) is 45.2 Å². The van der Waals surface area contributed by atoms with Gasteiger partial charge in [0.15, 0.2) is 0 Å². The minimum Gasteiger partial charge on any atom is -0.416 e. The molecule has 10 heteroatoms. The highest BCUT2D eigenvalue weighted by Gasteiger charge is 2.20. The van der Waals surface area contributed by atoms with Crippen LogP contribution in [0.25, 0.3) is 0 Å². The molecule has 0 unspecified atom stereocenters. The molecule has 19 heavy (non-hydrogen) atoms. The van der Waals surface area contributed by atoms with Gasteiger partial charge in [0.25, 0.3) is 0 Å². The van der Waals surface area contributed by atoms with E-state index in [4.69, 9.17) is 27.9 Å². The van der Waals surface area contributed by atoms with Crippen LogP contribution in [-0.4, -0.2) is 19.9 Å². The smallest absolute Gasteiger partial charge is 0.327 e. The quantitative estimate of drug-likeness (QED) is 0.609. The number of aromatic nitrogens is 3. The van der Waals surface area contributed by atoms with Crippen LogP contribution in [0.4, 0.5) is 5.69 Å². The molecule has 0 aliphatic rings. The highest BCUT2D eigenvalue weighted by molar-refractivity contribution is 9.10. The van der Waals surface area contributed by atoms with E-state index in [1.807, 2.05) is 0 Å². The Hall–Kier alpha value is -1.51. The second kappa shape index (κ2) is 5.64. The number of nitrogens with zero attached hydrogens (tertiary/aromatic N) is 4. The first-order valence-corrected chi connectivity index (χ1v) is 6.20. The van der Waals surface area contributed by atoms with Crippen molar-refractivity contribution in [1.29, 1.82) is 0 Å². The van der Waals surface area contributed by atoms with Crippen molar-refractivity contribution < 1.29 is 9.66 Å². The Labute approximate surface area is 124 Å². The maximum Gasteiger partial charge on any atom is 0.327 e. The maximum atomic E-state index is 10.9. The monoisotopic (exact) mass is 364 g/mol. The summed E-state index contributed by atoms with van der Waals surface area (Å²) in [5.74, 6) is -0.0502. The molecular weight excluding hydrogens is 363 g/mol. The minimum absolute atomic E-state index is 0.0502. The van der Waals surface area contributed by atoms with E-state index < -0.39 is 4.92 Å². The van der Waals surface area contributed by atoms with Gasteiger partial charge in [0.05, 0.1) is 9.40 Å². The molecule has 0 fully saturated rings. The third-order valence-electron chi connectivity index (χ3n) is 1.90. The molecule has 0 saturated heterocycles. The summed E-state index contributed by atoms with van der Waals surface area (Å²) >= 11 is 14.3. The number of ether oxygens (including phenoxy) is 1. The van der Waals surface area contributed by atoms with Crippen LogP contribution in [-0.2, 0) is 0 Å². The number of rotatable bonds is 3. The fraction of sp³-hybridized carbons (Fsp3) is 0. The number of para-hydroxylation sites is 1. The summed E-state index contributed by atoms with van der Waals surface area (Å²) < 4.78 is 5.61. The Kier molecular flexibility index (Phi) is 4.13. The largest absolute Gasteiger partial charge is 0.416 e. The number of halogens is 3. The maximum absolute atomic E-state index is 10.9.